The predicted octanol–water partition coefficient (Wildman–Crippen LogP) is 1.54. The molecule has 0 aliphatic heterocycles. The lowest BCUT2D eigenvalue weighted by molar-refractivity contribution is -0.135. The molecule has 0 spiro atoms. The van der Waals surface area contributed by atoms with Gasteiger partial charge in [0, 0.05) is 0 Å². The molecule has 0 atom stereocenters. The van der Waals surface area contributed by atoms with Crippen molar-refractivity contribution in [3.63, 3.8) is 0 Å². The third-order valence-electron chi connectivity index (χ3n) is 2.23. The Labute approximate surface area is 125 Å². The Balaban J connectivity index is 2.45. The van der Waals surface area contributed by atoms with Gasteiger partial charge in [0.1, 0.15) is 0 Å². The Bertz CT molecular complexity index is 762. The van der Waals surface area contributed by atoms with Gasteiger partial charge in [0.15, 0.2) is 5.01 Å². The Morgan fingerprint density at radius 1 is 1.38 bits per heavy atom. The molecule has 112 valence electrons. The van der Waals surface area contributed by atoms with Crippen molar-refractivity contribution in [2.45, 2.75) is 6.92 Å². The molecule has 7 nitrogen and oxygen atoms in total. The van der Waals surface area contributed by atoms with Crippen LogP contribution in [0.5, 0.6) is 0 Å². The maximum Gasteiger partial charge on any atom is 0.363 e. The highest BCUT2D eigenvalue weighted by atomic mass is 32.2. The van der Waals surface area contributed by atoms with Crippen LogP contribution in [0.15, 0.2) is 29.4 Å². The minimum absolute atomic E-state index is 0.127. The summed E-state index contributed by atoms with van der Waals surface area (Å²) in [6.45, 7) is 1.76. The number of rotatable bonds is 5. The van der Waals surface area contributed by atoms with E-state index in [9.17, 15) is 13.2 Å². The number of carbonyl (C=O) groups is 1. The molecule has 0 radical (unpaired) electrons. The lowest BCUT2D eigenvalue weighted by Gasteiger charge is -2.02. The molecule has 21 heavy (non-hydrogen) atoms. The largest absolute Gasteiger partial charge is 0.461 e. The number of carbonyl (C=O) groups excluding carboxylic acids is 1. The number of hydrogen-bond acceptors (Lipinski definition) is 8. The van der Waals surface area contributed by atoms with Crippen molar-refractivity contribution in [2.24, 2.45) is 5.16 Å². The van der Waals surface area contributed by atoms with Gasteiger partial charge in [-0.1, -0.05) is 17.3 Å². The molecule has 0 N–H and O–H groups in total. The molecule has 0 aliphatic carbocycles. The van der Waals surface area contributed by atoms with E-state index >= 15 is 0 Å². The number of para-hydroxylation sites is 1. The van der Waals surface area contributed by atoms with Crippen LogP contribution >= 0.6 is 11.3 Å². The molecular weight excluding hydrogens is 316 g/mol. The second kappa shape index (κ2) is 6.19. The van der Waals surface area contributed by atoms with E-state index in [2.05, 4.69) is 14.4 Å². The van der Waals surface area contributed by atoms with E-state index in [1.54, 1.807) is 19.1 Å². The molecule has 0 fully saturated rings. The minimum atomic E-state index is -3.82. The van der Waals surface area contributed by atoms with E-state index in [1.807, 2.05) is 12.1 Å². The van der Waals surface area contributed by atoms with Crippen LogP contribution in [0.2, 0.25) is 0 Å². The summed E-state index contributed by atoms with van der Waals surface area (Å²) >= 11 is 1.19. The average molecular weight is 328 g/mol. The van der Waals surface area contributed by atoms with Crippen molar-refractivity contribution < 1.29 is 22.2 Å². The molecule has 0 bridgehead atoms. The minimum Gasteiger partial charge on any atom is -0.461 e. The molecule has 1 aromatic heterocycles. The molecule has 0 saturated carbocycles. The Morgan fingerprint density at radius 2 is 2.10 bits per heavy atom. The van der Waals surface area contributed by atoms with Crippen molar-refractivity contribution in [1.29, 1.82) is 0 Å². The lowest BCUT2D eigenvalue weighted by Crippen LogP contribution is -2.19. The number of hydrogen-bond donors (Lipinski definition) is 0. The van der Waals surface area contributed by atoms with Crippen LogP contribution < -0.4 is 0 Å². The highest BCUT2D eigenvalue weighted by molar-refractivity contribution is 7.85. The van der Waals surface area contributed by atoms with Gasteiger partial charge in [0.05, 0.1) is 23.1 Å². The molecule has 2 aromatic rings. The number of benzene rings is 1. The maximum absolute atomic E-state index is 11.9. The van der Waals surface area contributed by atoms with Crippen LogP contribution in [0.4, 0.5) is 0 Å². The van der Waals surface area contributed by atoms with Crippen molar-refractivity contribution in [3.8, 4) is 0 Å². The van der Waals surface area contributed by atoms with Gasteiger partial charge in [-0.05, 0) is 19.1 Å². The van der Waals surface area contributed by atoms with Crippen molar-refractivity contribution in [3.05, 3.63) is 29.3 Å². The zero-order chi connectivity index (χ0) is 15.5. The number of nitrogens with zero attached hydrogens (tertiary/aromatic N) is 2. The summed E-state index contributed by atoms with van der Waals surface area (Å²) < 4.78 is 32.1. The van der Waals surface area contributed by atoms with Gasteiger partial charge in [-0.3, -0.25) is 4.28 Å². The molecule has 0 aliphatic rings. The lowest BCUT2D eigenvalue weighted by atomic mass is 10.3. The quantitative estimate of drug-likeness (QED) is 0.469. The Morgan fingerprint density at radius 3 is 2.71 bits per heavy atom. The molecule has 0 amide bonds. The summed E-state index contributed by atoms with van der Waals surface area (Å²) in [5.41, 5.74) is 0.400. The zero-order valence-electron chi connectivity index (χ0n) is 11.3. The van der Waals surface area contributed by atoms with E-state index in [0.29, 0.717) is 5.52 Å². The van der Waals surface area contributed by atoms with Gasteiger partial charge in [0.25, 0.3) is 0 Å². The van der Waals surface area contributed by atoms with E-state index in [1.165, 1.54) is 11.3 Å². The van der Waals surface area contributed by atoms with Crippen molar-refractivity contribution in [1.82, 2.24) is 4.98 Å². The van der Waals surface area contributed by atoms with Crippen LogP contribution in [0.3, 0.4) is 0 Å². The molecule has 9 heteroatoms. The third kappa shape index (κ3) is 3.99. The van der Waals surface area contributed by atoms with Gasteiger partial charge in [-0.15, -0.1) is 11.3 Å². The highest BCUT2D eigenvalue weighted by Crippen LogP contribution is 2.22. The normalized spacial score (nSPS) is 12.4. The molecular formula is C12H12N2O5S2. The summed E-state index contributed by atoms with van der Waals surface area (Å²) in [6.07, 6.45) is 0.831. The summed E-state index contributed by atoms with van der Waals surface area (Å²) in [5.74, 6) is -0.791. The number of oxime groups is 1. The van der Waals surface area contributed by atoms with Crippen molar-refractivity contribution >= 4 is 43.4 Å². The molecule has 0 unspecified atom stereocenters. The van der Waals surface area contributed by atoms with Gasteiger partial charge in [-0.2, -0.15) is 8.42 Å². The van der Waals surface area contributed by atoms with E-state index in [0.717, 1.165) is 11.0 Å². The van der Waals surface area contributed by atoms with Crippen LogP contribution in [-0.4, -0.2) is 37.9 Å². The fraction of sp³-hybridized carbons (Fsp3) is 0.250. The first-order chi connectivity index (χ1) is 9.90. The summed E-state index contributed by atoms with van der Waals surface area (Å²) in [5, 5.41) is 3.62. The van der Waals surface area contributed by atoms with Gasteiger partial charge in [0.2, 0.25) is 5.71 Å². The number of esters is 1. The number of aromatic nitrogens is 1. The van der Waals surface area contributed by atoms with Gasteiger partial charge in [-0.25, -0.2) is 9.78 Å². The smallest absolute Gasteiger partial charge is 0.363 e. The predicted molar refractivity (Wildman–Crippen MR) is 78.7 cm³/mol. The van der Waals surface area contributed by atoms with E-state index in [4.69, 9.17) is 4.74 Å². The second-order valence-electron chi connectivity index (χ2n) is 3.93. The van der Waals surface area contributed by atoms with Gasteiger partial charge >= 0.3 is 16.1 Å². The molecule has 1 heterocycles. The Hall–Kier alpha value is -2.00. The average Bonchev–Trinajstić information content (AvgIpc) is 2.81. The first kappa shape index (κ1) is 15.4. The first-order valence-electron chi connectivity index (χ1n) is 5.90. The highest BCUT2D eigenvalue weighted by Gasteiger charge is 2.22. The van der Waals surface area contributed by atoms with Crippen LogP contribution in [0.25, 0.3) is 10.2 Å². The zero-order valence-corrected chi connectivity index (χ0v) is 12.9. The van der Waals surface area contributed by atoms with Crippen molar-refractivity contribution in [2.75, 3.05) is 12.9 Å². The second-order valence-corrected chi connectivity index (χ2v) is 6.51. The third-order valence-corrected chi connectivity index (χ3v) is 3.62. The topological polar surface area (TPSA) is 94.9 Å². The van der Waals surface area contributed by atoms with Crippen LogP contribution in [0.1, 0.15) is 11.9 Å². The summed E-state index contributed by atoms with van der Waals surface area (Å²) in [6, 6.07) is 7.24. The van der Waals surface area contributed by atoms with Crippen LogP contribution in [0, 0.1) is 0 Å². The summed E-state index contributed by atoms with van der Waals surface area (Å²) in [4.78, 5) is 16.1. The number of thiazole rings is 1. The first-order valence-corrected chi connectivity index (χ1v) is 8.53. The monoisotopic (exact) mass is 328 g/mol. The number of fused-ring (bicyclic) bond motifs is 1. The summed E-state index contributed by atoms with van der Waals surface area (Å²) in [7, 11) is -3.82. The fourth-order valence-electron chi connectivity index (χ4n) is 1.44. The SMILES string of the molecule is CCOC(=O)/C(=N\OS(C)(=O)=O)c1nc2ccccc2s1. The van der Waals surface area contributed by atoms with E-state index in [-0.39, 0.29) is 17.3 Å². The Kier molecular flexibility index (Phi) is 4.53. The van der Waals surface area contributed by atoms with E-state index < -0.39 is 16.1 Å². The fourth-order valence-corrected chi connectivity index (χ4v) is 2.59. The van der Waals surface area contributed by atoms with Gasteiger partial charge < -0.3 is 4.74 Å². The molecule has 0 saturated heterocycles. The number of ether oxygens (including phenoxy) is 1. The van der Waals surface area contributed by atoms with Crippen LogP contribution in [-0.2, 0) is 23.9 Å². The standard InChI is InChI=1S/C12H12N2O5S2/c1-3-18-12(15)10(14-19-21(2,16)17)11-13-8-6-4-5-7-9(8)20-11/h4-7H,3H2,1-2H3/b14-10-. The molecule has 2 rings (SSSR count). The maximum atomic E-state index is 11.9. The molecule has 1 aromatic carbocycles.